The second-order valence-corrected chi connectivity index (χ2v) is 9.12. The summed E-state index contributed by atoms with van der Waals surface area (Å²) in [6.07, 6.45) is 1.10. The maximum absolute atomic E-state index is 12.4. The monoisotopic (exact) mass is 555 g/mol. The molecule has 0 atom stereocenters. The van der Waals surface area contributed by atoms with E-state index in [0.717, 1.165) is 24.8 Å². The van der Waals surface area contributed by atoms with Crippen LogP contribution in [0.3, 0.4) is 0 Å². The van der Waals surface area contributed by atoms with Gasteiger partial charge in [0.1, 0.15) is 5.69 Å². The Morgan fingerprint density at radius 2 is 1.76 bits per heavy atom. The van der Waals surface area contributed by atoms with Gasteiger partial charge >= 0.3 is 6.18 Å². The number of aromatic nitrogens is 1. The third-order valence-electron chi connectivity index (χ3n) is 5.26. The number of fused-ring (bicyclic) bond motifs is 1. The molecule has 4 rings (SSSR count). The molecule has 0 bridgehead atoms. The van der Waals surface area contributed by atoms with Gasteiger partial charge < -0.3 is 21.1 Å². The topological polar surface area (TPSA) is 114 Å². The van der Waals surface area contributed by atoms with Crippen molar-refractivity contribution in [3.63, 3.8) is 0 Å². The molecule has 0 spiro atoms. The molecular weight excluding hydrogens is 527 g/mol. The van der Waals surface area contributed by atoms with E-state index >= 15 is 0 Å². The highest BCUT2D eigenvalue weighted by molar-refractivity contribution is 7.99. The zero-order chi connectivity index (χ0) is 27.6. The summed E-state index contributed by atoms with van der Waals surface area (Å²) in [6.45, 7) is 3.61. The number of halogens is 4. The van der Waals surface area contributed by atoms with E-state index in [0.29, 0.717) is 16.0 Å². The molecular formula is C25H29ClF3N5O2S. The average molecular weight is 556 g/mol. The van der Waals surface area contributed by atoms with Crippen molar-refractivity contribution in [1.29, 1.82) is 0 Å². The molecule has 1 aliphatic heterocycles. The highest BCUT2D eigenvalue weighted by atomic mass is 35.5. The number of nitrogen functional groups attached to an aromatic ring is 1. The predicted molar refractivity (Wildman–Crippen MR) is 144 cm³/mol. The number of likely N-dealkylation sites (tertiary alicyclic amines) is 1. The Morgan fingerprint density at radius 3 is 2.30 bits per heavy atom. The van der Waals surface area contributed by atoms with Crippen molar-refractivity contribution < 1.29 is 22.8 Å². The van der Waals surface area contributed by atoms with Gasteiger partial charge in [0.2, 0.25) is 11.8 Å². The van der Waals surface area contributed by atoms with Crippen molar-refractivity contribution in [2.45, 2.75) is 32.4 Å². The van der Waals surface area contributed by atoms with Crippen LogP contribution in [0.1, 0.15) is 42.2 Å². The predicted octanol–water partition coefficient (Wildman–Crippen LogP) is 5.98. The Kier molecular flexibility index (Phi) is 11.3. The van der Waals surface area contributed by atoms with Gasteiger partial charge in [0.05, 0.1) is 5.52 Å². The van der Waals surface area contributed by atoms with Crippen LogP contribution >= 0.6 is 23.5 Å². The van der Waals surface area contributed by atoms with Crippen LogP contribution in [0.15, 0.2) is 48.5 Å². The summed E-state index contributed by atoms with van der Waals surface area (Å²) in [5.74, 6) is -0.172. The van der Waals surface area contributed by atoms with Gasteiger partial charge in [-0.1, -0.05) is 29.6 Å². The van der Waals surface area contributed by atoms with Gasteiger partial charge in [-0.15, -0.1) is 0 Å². The molecule has 1 aromatic heterocycles. The minimum absolute atomic E-state index is 0.0137. The van der Waals surface area contributed by atoms with Gasteiger partial charge in [0.25, 0.3) is 0 Å². The van der Waals surface area contributed by atoms with Gasteiger partial charge in [0, 0.05) is 53.6 Å². The Morgan fingerprint density at radius 1 is 1.08 bits per heavy atom. The quantitative estimate of drug-likeness (QED) is 0.342. The van der Waals surface area contributed by atoms with E-state index in [2.05, 4.69) is 9.71 Å². The van der Waals surface area contributed by atoms with Crippen LogP contribution in [0.5, 0.6) is 0 Å². The van der Waals surface area contributed by atoms with Crippen LogP contribution in [0.25, 0.3) is 10.9 Å². The SMILES string of the molecule is CC(=O)N1CCCCC1.CSNc1cccc(C(N)=O)c1.Nc1cc(C(F)(F)F)nc2ccc(Cl)cc12. The second kappa shape index (κ2) is 13.9. The number of hydrogen-bond acceptors (Lipinski definition) is 6. The van der Waals surface area contributed by atoms with Crippen LogP contribution < -0.4 is 16.2 Å². The molecule has 2 aromatic carbocycles. The summed E-state index contributed by atoms with van der Waals surface area (Å²) < 4.78 is 40.3. The molecule has 12 heteroatoms. The summed E-state index contributed by atoms with van der Waals surface area (Å²) in [5.41, 5.74) is 11.2. The number of nitrogens with zero attached hydrogens (tertiary/aromatic N) is 2. The summed E-state index contributed by atoms with van der Waals surface area (Å²) in [5, 5.41) is 0.821. The third kappa shape index (κ3) is 9.66. The Labute approximate surface area is 222 Å². The van der Waals surface area contributed by atoms with E-state index < -0.39 is 17.8 Å². The van der Waals surface area contributed by atoms with Crippen LogP contribution in [-0.4, -0.2) is 41.0 Å². The molecule has 0 saturated carbocycles. The lowest BCUT2D eigenvalue weighted by Crippen LogP contribution is -2.33. The standard InChI is InChI=1S/C10H6ClF3N2.C8H10N2OS.C7H13NO/c11-5-1-2-8-6(3-5)7(15)4-9(16-8)10(12,13)14;1-12-10-7-4-2-3-6(5-7)8(9)11;1-7(9)8-5-3-2-4-6-8/h1-4H,(H2,15,16);2-5,10H,1H3,(H2,9,11);2-6H2,1H3. The molecule has 0 unspecified atom stereocenters. The van der Waals surface area contributed by atoms with Crippen LogP contribution in [0, 0.1) is 0 Å². The number of primary amides is 1. The van der Waals surface area contributed by atoms with Gasteiger partial charge in [-0.2, -0.15) is 13.2 Å². The van der Waals surface area contributed by atoms with Crippen molar-refractivity contribution in [3.8, 4) is 0 Å². The highest BCUT2D eigenvalue weighted by Crippen LogP contribution is 2.32. The Bertz CT molecular complexity index is 1220. The molecule has 37 heavy (non-hydrogen) atoms. The maximum atomic E-state index is 12.4. The number of nitrogens with one attached hydrogen (secondary N) is 1. The summed E-state index contributed by atoms with van der Waals surface area (Å²) in [6, 6.07) is 12.2. The number of piperidine rings is 1. The number of amides is 2. The lowest BCUT2D eigenvalue weighted by molar-refractivity contribution is -0.141. The number of nitrogens with two attached hydrogens (primary N) is 2. The van der Waals surface area contributed by atoms with Gasteiger partial charge in [-0.25, -0.2) is 4.98 Å². The minimum Gasteiger partial charge on any atom is -0.398 e. The smallest absolute Gasteiger partial charge is 0.398 e. The van der Waals surface area contributed by atoms with E-state index in [1.807, 2.05) is 17.2 Å². The molecule has 3 aromatic rings. The zero-order valence-electron chi connectivity index (χ0n) is 20.4. The lowest BCUT2D eigenvalue weighted by atomic mass is 10.1. The number of rotatable bonds is 3. The van der Waals surface area contributed by atoms with Crippen LogP contribution in [-0.2, 0) is 11.0 Å². The van der Waals surface area contributed by atoms with Crippen LogP contribution in [0.2, 0.25) is 5.02 Å². The number of benzene rings is 2. The number of anilines is 2. The third-order valence-corrected chi connectivity index (χ3v) is 5.94. The largest absolute Gasteiger partial charge is 0.433 e. The fourth-order valence-electron chi connectivity index (χ4n) is 3.43. The first-order chi connectivity index (χ1) is 17.4. The van der Waals surface area contributed by atoms with E-state index in [1.54, 1.807) is 25.1 Å². The highest BCUT2D eigenvalue weighted by Gasteiger charge is 2.33. The molecule has 2 amide bonds. The first-order valence-corrected chi connectivity index (χ1v) is 12.9. The summed E-state index contributed by atoms with van der Waals surface area (Å²) >= 11 is 7.19. The lowest BCUT2D eigenvalue weighted by Gasteiger charge is -2.24. The number of alkyl halides is 3. The zero-order valence-corrected chi connectivity index (χ0v) is 22.0. The van der Waals surface area contributed by atoms with Crippen molar-refractivity contribution in [1.82, 2.24) is 9.88 Å². The first kappa shape index (κ1) is 30.0. The van der Waals surface area contributed by atoms with Crippen molar-refractivity contribution in [2.75, 3.05) is 29.8 Å². The number of hydrogen-bond donors (Lipinski definition) is 3. The van der Waals surface area contributed by atoms with E-state index in [-0.39, 0.29) is 17.1 Å². The molecule has 1 fully saturated rings. The van der Waals surface area contributed by atoms with Crippen molar-refractivity contribution >= 4 is 57.6 Å². The first-order valence-electron chi connectivity index (χ1n) is 11.3. The van der Waals surface area contributed by atoms with Crippen molar-refractivity contribution in [3.05, 3.63) is 64.8 Å². The molecule has 1 aliphatic rings. The van der Waals surface area contributed by atoms with E-state index in [4.69, 9.17) is 23.1 Å². The summed E-state index contributed by atoms with van der Waals surface area (Å²) in [4.78, 5) is 26.9. The Balaban J connectivity index is 0.000000204. The van der Waals surface area contributed by atoms with Gasteiger partial charge in [-0.3, -0.25) is 9.59 Å². The molecule has 0 radical (unpaired) electrons. The molecule has 2 heterocycles. The van der Waals surface area contributed by atoms with E-state index in [1.165, 1.54) is 49.4 Å². The average Bonchev–Trinajstić information content (AvgIpc) is 2.85. The second-order valence-electron chi connectivity index (χ2n) is 8.07. The summed E-state index contributed by atoms with van der Waals surface area (Å²) in [7, 11) is 0. The van der Waals surface area contributed by atoms with Gasteiger partial charge in [-0.05, 0) is 61.7 Å². The minimum atomic E-state index is -4.50. The Hall–Kier alpha value is -3.18. The molecule has 0 aliphatic carbocycles. The normalized spacial score (nSPS) is 13.1. The fraction of sp³-hybridized carbons (Fsp3) is 0.320. The maximum Gasteiger partial charge on any atom is 0.433 e. The molecule has 200 valence electrons. The van der Waals surface area contributed by atoms with Gasteiger partial charge in [0.15, 0.2) is 0 Å². The number of carbonyl (C=O) groups excluding carboxylic acids is 2. The van der Waals surface area contributed by atoms with Crippen LogP contribution in [0.4, 0.5) is 24.5 Å². The molecule has 5 N–H and O–H groups in total. The number of carbonyl (C=O) groups is 2. The fourth-order valence-corrected chi connectivity index (χ4v) is 3.97. The van der Waals surface area contributed by atoms with E-state index in [9.17, 15) is 22.8 Å². The van der Waals surface area contributed by atoms with Crippen molar-refractivity contribution in [2.24, 2.45) is 5.73 Å². The molecule has 1 saturated heterocycles. The molecule has 7 nitrogen and oxygen atoms in total. The number of pyridine rings is 1.